The van der Waals surface area contributed by atoms with Gasteiger partial charge in [-0.3, -0.25) is 0 Å². The Bertz CT molecular complexity index is 846. The van der Waals surface area contributed by atoms with E-state index in [2.05, 4.69) is 26.4 Å². The first kappa shape index (κ1) is 11.4. The van der Waals surface area contributed by atoms with Crippen molar-refractivity contribution in [1.82, 2.24) is 19.6 Å². The van der Waals surface area contributed by atoms with Gasteiger partial charge < -0.3 is 5.32 Å². The van der Waals surface area contributed by atoms with E-state index in [-0.39, 0.29) is 0 Å². The minimum atomic E-state index is 0.667. The molecule has 98 valence electrons. The molecule has 20 heavy (non-hydrogen) atoms. The molecule has 4 rings (SSSR count). The highest BCUT2D eigenvalue weighted by Gasteiger charge is 2.05. The van der Waals surface area contributed by atoms with Crippen molar-refractivity contribution in [2.24, 2.45) is 0 Å². The second kappa shape index (κ2) is 4.57. The molecular weight excluding hydrogens is 270 g/mol. The van der Waals surface area contributed by atoms with Crippen LogP contribution in [0.2, 0.25) is 0 Å². The van der Waals surface area contributed by atoms with Crippen LogP contribution in [0.4, 0.5) is 5.13 Å². The van der Waals surface area contributed by atoms with Gasteiger partial charge in [0.25, 0.3) is 0 Å². The molecule has 1 N–H and O–H groups in total. The van der Waals surface area contributed by atoms with Gasteiger partial charge in [-0.25, -0.2) is 14.5 Å². The number of aromatic nitrogens is 4. The predicted octanol–water partition coefficient (Wildman–Crippen LogP) is 2.95. The SMILES string of the molecule is c1ccc2sc(NCc3ccnc4ccnn34)nc2c1. The summed E-state index contributed by atoms with van der Waals surface area (Å²) in [6.07, 6.45) is 3.55. The fourth-order valence-corrected chi connectivity index (χ4v) is 3.00. The average molecular weight is 281 g/mol. The van der Waals surface area contributed by atoms with E-state index in [4.69, 9.17) is 0 Å². The number of nitrogens with zero attached hydrogens (tertiary/aromatic N) is 4. The number of para-hydroxylation sites is 1. The quantitative estimate of drug-likeness (QED) is 0.627. The van der Waals surface area contributed by atoms with E-state index in [1.165, 1.54) is 4.70 Å². The van der Waals surface area contributed by atoms with Crippen LogP contribution in [0.5, 0.6) is 0 Å². The summed E-state index contributed by atoms with van der Waals surface area (Å²) in [5.41, 5.74) is 2.94. The summed E-state index contributed by atoms with van der Waals surface area (Å²) in [4.78, 5) is 8.81. The van der Waals surface area contributed by atoms with Crippen LogP contribution in [0.25, 0.3) is 15.9 Å². The highest BCUT2D eigenvalue weighted by Crippen LogP contribution is 2.25. The van der Waals surface area contributed by atoms with Crippen LogP contribution in [-0.4, -0.2) is 19.6 Å². The topological polar surface area (TPSA) is 55.1 Å². The van der Waals surface area contributed by atoms with Crippen molar-refractivity contribution in [3.63, 3.8) is 0 Å². The molecule has 0 radical (unpaired) electrons. The van der Waals surface area contributed by atoms with Gasteiger partial charge in [-0.2, -0.15) is 5.10 Å². The molecule has 1 aromatic carbocycles. The zero-order chi connectivity index (χ0) is 13.4. The third kappa shape index (κ3) is 1.90. The largest absolute Gasteiger partial charge is 0.356 e. The molecule has 0 aliphatic carbocycles. The second-order valence-corrected chi connectivity index (χ2v) is 5.41. The van der Waals surface area contributed by atoms with Gasteiger partial charge in [0.2, 0.25) is 0 Å². The first-order valence-electron chi connectivity index (χ1n) is 6.27. The number of fused-ring (bicyclic) bond motifs is 2. The van der Waals surface area contributed by atoms with Crippen LogP contribution in [-0.2, 0) is 6.54 Å². The molecule has 0 spiro atoms. The number of hydrogen-bond acceptors (Lipinski definition) is 5. The number of nitrogens with one attached hydrogen (secondary N) is 1. The van der Waals surface area contributed by atoms with Crippen molar-refractivity contribution < 1.29 is 0 Å². The van der Waals surface area contributed by atoms with Crippen LogP contribution < -0.4 is 5.32 Å². The summed E-state index contributed by atoms with van der Waals surface area (Å²) in [6.45, 7) is 0.667. The van der Waals surface area contributed by atoms with Crippen LogP contribution in [0.1, 0.15) is 5.69 Å². The maximum absolute atomic E-state index is 4.56. The molecule has 0 saturated heterocycles. The summed E-state index contributed by atoms with van der Waals surface area (Å²) in [7, 11) is 0. The lowest BCUT2D eigenvalue weighted by Gasteiger charge is -2.04. The van der Waals surface area contributed by atoms with Crippen molar-refractivity contribution >= 4 is 32.3 Å². The standard InChI is InChI=1S/C14H11N5S/c1-2-4-12-11(3-1)18-14(20-12)16-9-10-5-7-15-13-6-8-17-19(10)13/h1-8H,9H2,(H,16,18). The Labute approximate surface area is 118 Å². The van der Waals surface area contributed by atoms with Crippen LogP contribution >= 0.6 is 11.3 Å². The van der Waals surface area contributed by atoms with Crippen molar-refractivity contribution in [1.29, 1.82) is 0 Å². The fourth-order valence-electron chi connectivity index (χ4n) is 2.13. The Morgan fingerprint density at radius 2 is 2.05 bits per heavy atom. The van der Waals surface area contributed by atoms with Crippen molar-refractivity contribution in [2.75, 3.05) is 5.32 Å². The molecule has 0 amide bonds. The highest BCUT2D eigenvalue weighted by atomic mass is 32.1. The van der Waals surface area contributed by atoms with E-state index in [0.29, 0.717) is 6.54 Å². The molecule has 0 aliphatic heterocycles. The molecule has 4 aromatic rings. The molecule has 6 heteroatoms. The Balaban J connectivity index is 1.62. The number of rotatable bonds is 3. The zero-order valence-electron chi connectivity index (χ0n) is 10.5. The summed E-state index contributed by atoms with van der Waals surface area (Å²) in [5.74, 6) is 0. The van der Waals surface area contributed by atoms with Crippen molar-refractivity contribution in [3.05, 3.63) is 54.5 Å². The lowest BCUT2D eigenvalue weighted by atomic mass is 10.3. The zero-order valence-corrected chi connectivity index (χ0v) is 11.3. The normalized spacial score (nSPS) is 11.2. The number of benzene rings is 1. The van der Waals surface area contributed by atoms with Gasteiger partial charge in [-0.05, 0) is 18.2 Å². The van der Waals surface area contributed by atoms with Gasteiger partial charge in [0.05, 0.1) is 28.7 Å². The molecule has 0 bridgehead atoms. The van der Waals surface area contributed by atoms with E-state index < -0.39 is 0 Å². The lowest BCUT2D eigenvalue weighted by molar-refractivity contribution is 0.854. The maximum atomic E-state index is 4.56. The van der Waals surface area contributed by atoms with Crippen LogP contribution in [0.15, 0.2) is 48.8 Å². The minimum absolute atomic E-state index is 0.667. The van der Waals surface area contributed by atoms with Gasteiger partial charge >= 0.3 is 0 Å². The molecule has 0 aliphatic rings. The summed E-state index contributed by atoms with van der Waals surface area (Å²) in [5, 5.41) is 8.54. The molecule has 0 unspecified atom stereocenters. The summed E-state index contributed by atoms with van der Waals surface area (Å²) < 4.78 is 3.02. The van der Waals surface area contributed by atoms with E-state index in [1.807, 2.05) is 34.8 Å². The van der Waals surface area contributed by atoms with Gasteiger partial charge in [-0.15, -0.1) is 0 Å². The van der Waals surface area contributed by atoms with Gasteiger partial charge in [0.1, 0.15) is 0 Å². The van der Waals surface area contributed by atoms with E-state index >= 15 is 0 Å². The number of anilines is 1. The molecule has 3 heterocycles. The van der Waals surface area contributed by atoms with Crippen LogP contribution in [0.3, 0.4) is 0 Å². The molecule has 0 saturated carbocycles. The minimum Gasteiger partial charge on any atom is -0.356 e. The smallest absolute Gasteiger partial charge is 0.184 e. The van der Waals surface area contributed by atoms with Gasteiger partial charge in [-0.1, -0.05) is 23.5 Å². The highest BCUT2D eigenvalue weighted by molar-refractivity contribution is 7.22. The monoisotopic (exact) mass is 281 g/mol. The Morgan fingerprint density at radius 1 is 1.10 bits per heavy atom. The Morgan fingerprint density at radius 3 is 3.00 bits per heavy atom. The Hall–Kier alpha value is -2.47. The number of thiazole rings is 1. The van der Waals surface area contributed by atoms with Crippen molar-refractivity contribution in [2.45, 2.75) is 6.54 Å². The third-order valence-corrected chi connectivity index (χ3v) is 4.08. The first-order chi connectivity index (χ1) is 9.90. The molecule has 0 fully saturated rings. The molecular formula is C14H11N5S. The van der Waals surface area contributed by atoms with Gasteiger partial charge in [0, 0.05) is 12.3 Å². The summed E-state index contributed by atoms with van der Waals surface area (Å²) in [6, 6.07) is 12.0. The van der Waals surface area contributed by atoms with E-state index in [1.54, 1.807) is 23.7 Å². The third-order valence-electron chi connectivity index (χ3n) is 3.08. The van der Waals surface area contributed by atoms with Gasteiger partial charge in [0.15, 0.2) is 10.8 Å². The molecule has 0 atom stereocenters. The van der Waals surface area contributed by atoms with E-state index in [9.17, 15) is 0 Å². The molecule has 5 nitrogen and oxygen atoms in total. The molecule has 3 aromatic heterocycles. The lowest BCUT2D eigenvalue weighted by Crippen LogP contribution is -2.06. The summed E-state index contributed by atoms with van der Waals surface area (Å²) >= 11 is 1.66. The van der Waals surface area contributed by atoms with E-state index in [0.717, 1.165) is 22.0 Å². The van der Waals surface area contributed by atoms with Crippen LogP contribution in [0, 0.1) is 0 Å². The fraction of sp³-hybridized carbons (Fsp3) is 0.0714. The van der Waals surface area contributed by atoms with Crippen molar-refractivity contribution in [3.8, 4) is 0 Å². The average Bonchev–Trinajstić information content (AvgIpc) is 3.11. The number of hydrogen-bond donors (Lipinski definition) is 1. The second-order valence-electron chi connectivity index (χ2n) is 4.38. The predicted molar refractivity (Wildman–Crippen MR) is 79.9 cm³/mol. The Kier molecular flexibility index (Phi) is 2.60. The first-order valence-corrected chi connectivity index (χ1v) is 7.09. The maximum Gasteiger partial charge on any atom is 0.184 e.